The molecule has 0 radical (unpaired) electrons. The van der Waals surface area contributed by atoms with Crippen LogP contribution in [0.5, 0.6) is 6.01 Å². The summed E-state index contributed by atoms with van der Waals surface area (Å²) in [6.07, 6.45) is -3.75. The lowest BCUT2D eigenvalue weighted by molar-refractivity contribution is -0.137. The van der Waals surface area contributed by atoms with E-state index >= 15 is 0 Å². The molecule has 38 heavy (non-hydrogen) atoms. The predicted octanol–water partition coefficient (Wildman–Crippen LogP) is 5.08. The smallest absolute Gasteiger partial charge is 0.416 e. The molecule has 3 heterocycles. The van der Waals surface area contributed by atoms with E-state index in [1.165, 1.54) is 12.1 Å². The molecule has 0 amide bonds. The van der Waals surface area contributed by atoms with Crippen LogP contribution in [0.1, 0.15) is 16.8 Å². The van der Waals surface area contributed by atoms with E-state index in [9.17, 15) is 13.2 Å². The van der Waals surface area contributed by atoms with Crippen LogP contribution >= 0.6 is 11.6 Å². The molecule has 0 unspecified atom stereocenters. The number of aromatic nitrogens is 2. The van der Waals surface area contributed by atoms with Crippen molar-refractivity contribution < 1.29 is 17.9 Å². The molecule has 2 aromatic carbocycles. The second-order valence-electron chi connectivity index (χ2n) is 9.60. The van der Waals surface area contributed by atoms with Crippen molar-refractivity contribution in [2.45, 2.75) is 19.1 Å². The summed E-state index contributed by atoms with van der Waals surface area (Å²) < 4.78 is 45.1. The zero-order valence-corrected chi connectivity index (χ0v) is 21.9. The van der Waals surface area contributed by atoms with Gasteiger partial charge in [-0.05, 0) is 49.9 Å². The number of hydrogen-bond donors (Lipinski definition) is 1. The third-order valence-electron chi connectivity index (χ3n) is 6.95. The number of rotatable bonds is 7. The maximum Gasteiger partial charge on any atom is 0.416 e. The van der Waals surface area contributed by atoms with Crippen molar-refractivity contribution in [3.8, 4) is 6.01 Å². The Kier molecular flexibility index (Phi) is 7.92. The first-order chi connectivity index (χ1) is 18.3. The summed E-state index contributed by atoms with van der Waals surface area (Å²) in [5, 5.41) is 3.87. The van der Waals surface area contributed by atoms with E-state index in [1.807, 2.05) is 24.3 Å². The van der Waals surface area contributed by atoms with Crippen LogP contribution in [0, 0.1) is 0 Å². The molecule has 11 heteroatoms. The van der Waals surface area contributed by atoms with E-state index in [0.29, 0.717) is 42.6 Å². The van der Waals surface area contributed by atoms with Crippen molar-refractivity contribution in [1.29, 1.82) is 0 Å². The van der Waals surface area contributed by atoms with Gasteiger partial charge in [-0.3, -0.25) is 4.90 Å². The third-order valence-corrected chi connectivity index (χ3v) is 7.27. The van der Waals surface area contributed by atoms with Crippen LogP contribution in [0.15, 0.2) is 48.5 Å². The highest BCUT2D eigenvalue weighted by Gasteiger charge is 2.30. The summed E-state index contributed by atoms with van der Waals surface area (Å²) in [6.45, 7) is 6.43. The SMILES string of the molecule is CN1CCN(CCOc2nc3c(c(Nc4ccc(C(F)(F)F)cc4)n2)CCN(c2ccccc2Cl)C3)CC1. The fourth-order valence-corrected chi connectivity index (χ4v) is 4.96. The molecule has 1 fully saturated rings. The van der Waals surface area contributed by atoms with E-state index in [-0.39, 0.29) is 6.01 Å². The summed E-state index contributed by atoms with van der Waals surface area (Å²) in [7, 11) is 2.12. The molecule has 1 saturated heterocycles. The van der Waals surface area contributed by atoms with E-state index in [0.717, 1.165) is 61.8 Å². The summed E-state index contributed by atoms with van der Waals surface area (Å²) in [5.41, 5.74) is 2.45. The van der Waals surface area contributed by atoms with E-state index in [4.69, 9.17) is 21.3 Å². The number of piperazine rings is 1. The van der Waals surface area contributed by atoms with Gasteiger partial charge in [-0.1, -0.05) is 23.7 Å². The van der Waals surface area contributed by atoms with E-state index in [1.54, 1.807) is 0 Å². The van der Waals surface area contributed by atoms with Crippen LogP contribution < -0.4 is 15.0 Å². The molecule has 1 aromatic heterocycles. The standard InChI is InChI=1S/C27H30ClF3N6O/c1-35-12-14-36(15-13-35)16-17-38-26-33-23-18-37(24-5-3-2-4-22(24)28)11-10-21(23)25(34-26)32-20-8-6-19(7-9-20)27(29,30)31/h2-9H,10-18H2,1H3,(H,32,33,34). The van der Waals surface area contributed by atoms with Crippen molar-refractivity contribution in [3.63, 3.8) is 0 Å². The zero-order chi connectivity index (χ0) is 26.7. The molecule has 0 spiro atoms. The second-order valence-corrected chi connectivity index (χ2v) is 10.0. The van der Waals surface area contributed by atoms with Gasteiger partial charge < -0.3 is 19.9 Å². The highest BCUT2D eigenvalue weighted by molar-refractivity contribution is 6.33. The first-order valence-electron chi connectivity index (χ1n) is 12.6. The third kappa shape index (κ3) is 6.31. The van der Waals surface area contributed by atoms with Crippen molar-refractivity contribution in [2.24, 2.45) is 0 Å². The Morgan fingerprint density at radius 3 is 2.42 bits per heavy atom. The van der Waals surface area contributed by atoms with Gasteiger partial charge in [0.1, 0.15) is 12.4 Å². The molecule has 202 valence electrons. The normalized spacial score (nSPS) is 16.8. The van der Waals surface area contributed by atoms with Gasteiger partial charge in [-0.15, -0.1) is 0 Å². The van der Waals surface area contributed by atoms with Gasteiger partial charge >= 0.3 is 12.2 Å². The Bertz CT molecular complexity index is 1250. The number of benzene rings is 2. The van der Waals surface area contributed by atoms with Gasteiger partial charge in [-0.2, -0.15) is 23.1 Å². The first kappa shape index (κ1) is 26.5. The topological polar surface area (TPSA) is 56.8 Å². The van der Waals surface area contributed by atoms with Crippen LogP contribution in [0.25, 0.3) is 0 Å². The van der Waals surface area contributed by atoms with E-state index < -0.39 is 11.7 Å². The van der Waals surface area contributed by atoms with Gasteiger partial charge in [-0.25, -0.2) is 0 Å². The average molecular weight is 547 g/mol. The van der Waals surface area contributed by atoms with E-state index in [2.05, 4.69) is 32.0 Å². The van der Waals surface area contributed by atoms with Crippen LogP contribution in [-0.4, -0.2) is 72.7 Å². The number of hydrogen-bond acceptors (Lipinski definition) is 7. The van der Waals surface area contributed by atoms with Crippen LogP contribution in [0.3, 0.4) is 0 Å². The summed E-state index contributed by atoms with van der Waals surface area (Å²) in [6, 6.07) is 12.8. The number of likely N-dealkylation sites (N-methyl/N-ethyl adjacent to an activating group) is 1. The lowest BCUT2D eigenvalue weighted by Crippen LogP contribution is -2.45. The molecular formula is C27H30ClF3N6O. The van der Waals surface area contributed by atoms with Crippen LogP contribution in [-0.2, 0) is 19.1 Å². The number of nitrogens with zero attached hydrogens (tertiary/aromatic N) is 5. The molecule has 2 aliphatic rings. The summed E-state index contributed by atoms with van der Waals surface area (Å²) in [4.78, 5) is 16.2. The number of fused-ring (bicyclic) bond motifs is 1. The minimum Gasteiger partial charge on any atom is -0.462 e. The molecule has 7 nitrogen and oxygen atoms in total. The number of ether oxygens (including phenoxy) is 1. The number of halogens is 4. The molecule has 0 atom stereocenters. The van der Waals surface area contributed by atoms with Gasteiger partial charge in [0.25, 0.3) is 0 Å². The molecule has 0 aliphatic carbocycles. The van der Waals surface area contributed by atoms with Crippen molar-refractivity contribution in [1.82, 2.24) is 19.8 Å². The Hall–Kier alpha value is -3.08. The highest BCUT2D eigenvalue weighted by atomic mass is 35.5. The minimum absolute atomic E-state index is 0.244. The Labute approximate surface area is 225 Å². The van der Waals surface area contributed by atoms with Gasteiger partial charge in [0.05, 0.1) is 28.5 Å². The number of nitrogens with one attached hydrogen (secondary N) is 1. The largest absolute Gasteiger partial charge is 0.462 e. The average Bonchev–Trinajstić information content (AvgIpc) is 2.90. The first-order valence-corrected chi connectivity index (χ1v) is 13.0. The summed E-state index contributed by atoms with van der Waals surface area (Å²) >= 11 is 6.45. The monoisotopic (exact) mass is 546 g/mol. The zero-order valence-electron chi connectivity index (χ0n) is 21.1. The molecule has 2 aliphatic heterocycles. The molecule has 1 N–H and O–H groups in total. The lowest BCUT2D eigenvalue weighted by Gasteiger charge is -2.32. The Morgan fingerprint density at radius 1 is 0.974 bits per heavy atom. The summed E-state index contributed by atoms with van der Waals surface area (Å²) in [5.74, 6) is 0.545. The maximum atomic E-state index is 13.0. The lowest BCUT2D eigenvalue weighted by atomic mass is 10.0. The highest BCUT2D eigenvalue weighted by Crippen LogP contribution is 2.34. The van der Waals surface area contributed by atoms with Crippen LogP contribution in [0.4, 0.5) is 30.4 Å². The van der Waals surface area contributed by atoms with Gasteiger partial charge in [0.15, 0.2) is 0 Å². The second kappa shape index (κ2) is 11.3. The predicted molar refractivity (Wildman–Crippen MR) is 142 cm³/mol. The van der Waals surface area contributed by atoms with Gasteiger partial charge in [0, 0.05) is 50.5 Å². The molecule has 5 rings (SSSR count). The van der Waals surface area contributed by atoms with Crippen molar-refractivity contribution in [3.05, 3.63) is 70.4 Å². The molecule has 0 saturated carbocycles. The number of anilines is 3. The maximum absolute atomic E-state index is 13.0. The van der Waals surface area contributed by atoms with Crippen molar-refractivity contribution in [2.75, 3.05) is 63.1 Å². The Morgan fingerprint density at radius 2 is 1.71 bits per heavy atom. The fourth-order valence-electron chi connectivity index (χ4n) is 4.71. The number of alkyl halides is 3. The number of para-hydroxylation sites is 1. The van der Waals surface area contributed by atoms with Crippen molar-refractivity contribution >= 4 is 28.8 Å². The molecule has 3 aromatic rings. The molecule has 0 bridgehead atoms. The Balaban J connectivity index is 1.37. The quantitative estimate of drug-likeness (QED) is 0.443. The fraction of sp³-hybridized carbons (Fsp3) is 0.407. The minimum atomic E-state index is -4.39. The van der Waals surface area contributed by atoms with Gasteiger partial charge in [0.2, 0.25) is 0 Å². The molecular weight excluding hydrogens is 517 g/mol. The van der Waals surface area contributed by atoms with Crippen LogP contribution in [0.2, 0.25) is 5.02 Å².